The van der Waals surface area contributed by atoms with Crippen LogP contribution < -0.4 is 0 Å². The molecule has 2 aromatic heterocycles. The Bertz CT molecular complexity index is 987. The third kappa shape index (κ3) is 4.72. The lowest BCUT2D eigenvalue weighted by molar-refractivity contribution is -0.141. The number of hydrogen-bond donors (Lipinski definition) is 1. The van der Waals surface area contributed by atoms with Crippen molar-refractivity contribution in [1.82, 2.24) is 15.0 Å². The first-order valence-electron chi connectivity index (χ1n) is 9.67. The Kier molecular flexibility index (Phi) is 5.49. The van der Waals surface area contributed by atoms with E-state index in [1.165, 1.54) is 13.2 Å². The van der Waals surface area contributed by atoms with E-state index in [0.717, 1.165) is 18.0 Å². The monoisotopic (exact) mass is 441 g/mol. The minimum Gasteiger partial charge on any atom is -0.497 e. The Hall–Kier alpha value is -2.91. The zero-order chi connectivity index (χ0) is 22.2. The lowest BCUT2D eigenvalue weighted by Crippen LogP contribution is -2.34. The SMILES string of the molecule is COC1=C(OCc2ccc(C(F)(F)F)nc2)C=CC(c2cnc(C3CC(F)(F)C3)[nH]2)C1. The number of pyridine rings is 1. The maximum Gasteiger partial charge on any atom is 0.433 e. The van der Waals surface area contributed by atoms with Gasteiger partial charge in [-0.1, -0.05) is 12.1 Å². The number of methoxy groups -OCH3 is 1. The molecule has 0 radical (unpaired) electrons. The highest BCUT2D eigenvalue weighted by Gasteiger charge is 2.47. The molecule has 1 atom stereocenters. The fourth-order valence-electron chi connectivity index (χ4n) is 3.63. The largest absolute Gasteiger partial charge is 0.497 e. The lowest BCUT2D eigenvalue weighted by Gasteiger charge is -2.33. The number of aromatic nitrogens is 3. The van der Waals surface area contributed by atoms with Crippen molar-refractivity contribution < 1.29 is 31.4 Å². The standard InChI is InChI=1S/C21H20F5N3O2/c1-30-17-6-13(15-10-28-19(29-15)14-7-20(22,23)8-14)3-4-16(17)31-11-12-2-5-18(27-9-12)21(24,25)26/h2-5,9-10,13-14H,6-8,11H2,1H3,(H,28,29). The van der Waals surface area contributed by atoms with E-state index in [1.807, 2.05) is 6.08 Å². The summed E-state index contributed by atoms with van der Waals surface area (Å²) in [5.41, 5.74) is 0.321. The van der Waals surface area contributed by atoms with Crippen molar-refractivity contribution in [1.29, 1.82) is 0 Å². The van der Waals surface area contributed by atoms with Crippen LogP contribution in [0.5, 0.6) is 0 Å². The highest BCUT2D eigenvalue weighted by Crippen LogP contribution is 2.47. The van der Waals surface area contributed by atoms with Gasteiger partial charge in [-0.2, -0.15) is 13.2 Å². The molecular weight excluding hydrogens is 421 g/mol. The number of nitrogens with one attached hydrogen (secondary N) is 1. The van der Waals surface area contributed by atoms with E-state index in [1.54, 1.807) is 12.3 Å². The van der Waals surface area contributed by atoms with E-state index in [9.17, 15) is 22.0 Å². The molecule has 2 aromatic rings. The molecule has 2 aliphatic carbocycles. The van der Waals surface area contributed by atoms with E-state index >= 15 is 0 Å². The fourth-order valence-corrected chi connectivity index (χ4v) is 3.63. The average molecular weight is 441 g/mol. The molecule has 1 fully saturated rings. The number of H-pyrrole nitrogens is 1. The Labute approximate surface area is 175 Å². The molecule has 1 unspecified atom stereocenters. The first-order valence-corrected chi connectivity index (χ1v) is 9.67. The molecular formula is C21H20F5N3O2. The summed E-state index contributed by atoms with van der Waals surface area (Å²) < 4.78 is 75.2. The van der Waals surface area contributed by atoms with Crippen molar-refractivity contribution in [2.24, 2.45) is 0 Å². The third-order valence-corrected chi connectivity index (χ3v) is 5.41. The Morgan fingerprint density at radius 1 is 1.16 bits per heavy atom. The minimum atomic E-state index is -4.49. The highest BCUT2D eigenvalue weighted by atomic mass is 19.4. The third-order valence-electron chi connectivity index (χ3n) is 5.41. The van der Waals surface area contributed by atoms with E-state index in [4.69, 9.17) is 9.47 Å². The summed E-state index contributed by atoms with van der Waals surface area (Å²) in [4.78, 5) is 10.8. The number of aromatic amines is 1. The quantitative estimate of drug-likeness (QED) is 0.606. The molecule has 1 saturated carbocycles. The van der Waals surface area contributed by atoms with Gasteiger partial charge >= 0.3 is 6.18 Å². The summed E-state index contributed by atoms with van der Waals surface area (Å²) >= 11 is 0. The lowest BCUT2D eigenvalue weighted by atomic mass is 9.81. The molecule has 0 aromatic carbocycles. The van der Waals surface area contributed by atoms with Gasteiger partial charge in [0.2, 0.25) is 5.92 Å². The van der Waals surface area contributed by atoms with Gasteiger partial charge in [0.05, 0.1) is 7.11 Å². The number of ether oxygens (including phenoxy) is 2. The van der Waals surface area contributed by atoms with Crippen LogP contribution >= 0.6 is 0 Å². The van der Waals surface area contributed by atoms with Crippen molar-refractivity contribution in [3.8, 4) is 0 Å². The van der Waals surface area contributed by atoms with Crippen molar-refractivity contribution in [2.75, 3.05) is 7.11 Å². The predicted octanol–water partition coefficient (Wildman–Crippen LogP) is 5.45. The van der Waals surface area contributed by atoms with Gasteiger partial charge in [0.25, 0.3) is 0 Å². The van der Waals surface area contributed by atoms with Gasteiger partial charge < -0.3 is 14.5 Å². The summed E-state index contributed by atoms with van der Waals surface area (Å²) in [5.74, 6) is -1.35. The molecule has 31 heavy (non-hydrogen) atoms. The van der Waals surface area contributed by atoms with Crippen LogP contribution in [-0.2, 0) is 22.3 Å². The van der Waals surface area contributed by atoms with E-state index in [0.29, 0.717) is 29.3 Å². The summed E-state index contributed by atoms with van der Waals surface area (Å²) in [5, 5.41) is 0. The fraction of sp³-hybridized carbons (Fsp3) is 0.429. The molecule has 10 heteroatoms. The highest BCUT2D eigenvalue weighted by molar-refractivity contribution is 5.30. The summed E-state index contributed by atoms with van der Waals surface area (Å²) in [6, 6.07) is 2.22. The van der Waals surface area contributed by atoms with Crippen LogP contribution in [0.4, 0.5) is 22.0 Å². The smallest absolute Gasteiger partial charge is 0.433 e. The van der Waals surface area contributed by atoms with Crippen LogP contribution in [-0.4, -0.2) is 28.0 Å². The van der Waals surface area contributed by atoms with Crippen molar-refractivity contribution in [3.63, 3.8) is 0 Å². The van der Waals surface area contributed by atoms with E-state index in [-0.39, 0.29) is 31.3 Å². The summed E-state index contributed by atoms with van der Waals surface area (Å²) in [6.45, 7) is 0.0342. The van der Waals surface area contributed by atoms with E-state index in [2.05, 4.69) is 15.0 Å². The molecule has 166 valence electrons. The molecule has 0 spiro atoms. The molecule has 1 N–H and O–H groups in total. The Morgan fingerprint density at radius 3 is 2.55 bits per heavy atom. The summed E-state index contributed by atoms with van der Waals surface area (Å²) in [6.07, 6.45) is 1.97. The molecule has 4 rings (SSSR count). The molecule has 0 saturated heterocycles. The number of alkyl halides is 5. The van der Waals surface area contributed by atoms with Crippen LogP contribution in [0.25, 0.3) is 0 Å². The number of nitrogens with zero attached hydrogens (tertiary/aromatic N) is 2. The number of allylic oxidation sites excluding steroid dienone is 3. The normalized spacial score (nSPS) is 21.2. The molecule has 0 aliphatic heterocycles. The first kappa shape index (κ1) is 21.3. The van der Waals surface area contributed by atoms with Gasteiger partial charge in [0.15, 0.2) is 5.76 Å². The Balaban J connectivity index is 1.38. The van der Waals surface area contributed by atoms with Crippen LogP contribution in [0, 0.1) is 0 Å². The number of rotatable bonds is 6. The molecule has 5 nitrogen and oxygen atoms in total. The van der Waals surface area contributed by atoms with Crippen LogP contribution in [0.3, 0.4) is 0 Å². The van der Waals surface area contributed by atoms with Gasteiger partial charge in [0.1, 0.15) is 23.9 Å². The minimum absolute atomic E-state index is 0.0342. The van der Waals surface area contributed by atoms with Crippen molar-refractivity contribution in [3.05, 3.63) is 71.0 Å². The Morgan fingerprint density at radius 2 is 1.94 bits per heavy atom. The maximum absolute atomic E-state index is 13.1. The first-order chi connectivity index (χ1) is 14.6. The van der Waals surface area contributed by atoms with Crippen LogP contribution in [0.2, 0.25) is 0 Å². The second kappa shape index (κ2) is 7.97. The number of halogens is 5. The average Bonchev–Trinajstić information content (AvgIpc) is 3.20. The van der Waals surface area contributed by atoms with Gasteiger partial charge in [-0.15, -0.1) is 0 Å². The number of hydrogen-bond acceptors (Lipinski definition) is 4. The molecule has 0 amide bonds. The van der Waals surface area contributed by atoms with Crippen LogP contribution in [0.15, 0.2) is 48.2 Å². The van der Waals surface area contributed by atoms with Gasteiger partial charge in [-0.05, 0) is 12.1 Å². The zero-order valence-corrected chi connectivity index (χ0v) is 16.5. The van der Waals surface area contributed by atoms with E-state index < -0.39 is 17.8 Å². The second-order valence-corrected chi connectivity index (χ2v) is 7.68. The molecule has 2 heterocycles. The topological polar surface area (TPSA) is 60.0 Å². The number of imidazole rings is 1. The van der Waals surface area contributed by atoms with Gasteiger partial charge in [-0.25, -0.2) is 13.8 Å². The molecule has 2 aliphatic rings. The van der Waals surface area contributed by atoms with Crippen molar-refractivity contribution >= 4 is 0 Å². The van der Waals surface area contributed by atoms with Crippen LogP contribution in [0.1, 0.15) is 53.9 Å². The van der Waals surface area contributed by atoms with Gasteiger partial charge in [0, 0.05) is 54.7 Å². The maximum atomic E-state index is 13.1. The van der Waals surface area contributed by atoms with Gasteiger partial charge in [-0.3, -0.25) is 4.98 Å². The predicted molar refractivity (Wildman–Crippen MR) is 100 cm³/mol. The zero-order valence-electron chi connectivity index (χ0n) is 16.5. The summed E-state index contributed by atoms with van der Waals surface area (Å²) in [7, 11) is 1.50. The molecule has 0 bridgehead atoms. The second-order valence-electron chi connectivity index (χ2n) is 7.68. The van der Waals surface area contributed by atoms with Crippen molar-refractivity contribution in [2.45, 2.75) is 49.8 Å².